The minimum Gasteiger partial charge on any atom is -0.330 e. The van der Waals surface area contributed by atoms with Crippen LogP contribution in [0, 0.1) is 5.92 Å². The second-order valence-corrected chi connectivity index (χ2v) is 4.33. The first kappa shape index (κ1) is 7.56. The quantitative estimate of drug-likeness (QED) is 0.638. The fourth-order valence-electron chi connectivity index (χ4n) is 2.01. The maximum atomic E-state index is 5.63. The number of rotatable bonds is 2. The number of nitrogens with two attached hydrogens (primary N) is 1. The molecular weight excluding hydrogens is 136 g/mol. The van der Waals surface area contributed by atoms with Gasteiger partial charge in [0.2, 0.25) is 0 Å². The van der Waals surface area contributed by atoms with Crippen LogP contribution >= 0.6 is 0 Å². The number of hydrogen-bond acceptors (Lipinski definition) is 2. The van der Waals surface area contributed by atoms with Gasteiger partial charge in [-0.25, -0.2) is 0 Å². The Balaban J connectivity index is 1.89. The van der Waals surface area contributed by atoms with Gasteiger partial charge in [0, 0.05) is 12.1 Å². The van der Waals surface area contributed by atoms with E-state index < -0.39 is 0 Å². The molecule has 1 atom stereocenters. The van der Waals surface area contributed by atoms with Crippen molar-refractivity contribution >= 4 is 0 Å². The van der Waals surface area contributed by atoms with Crippen molar-refractivity contribution in [2.75, 3.05) is 19.6 Å². The van der Waals surface area contributed by atoms with Gasteiger partial charge in [-0.2, -0.15) is 0 Å². The lowest BCUT2D eigenvalue weighted by atomic mass is 10.1. The molecule has 0 spiro atoms. The number of nitrogens with zero attached hydrogens (tertiary/aromatic N) is 1. The molecule has 2 aliphatic rings. The van der Waals surface area contributed by atoms with Crippen LogP contribution in [0.15, 0.2) is 0 Å². The highest BCUT2D eigenvalue weighted by atomic mass is 15.2. The minimum atomic E-state index is 0.587. The largest absolute Gasteiger partial charge is 0.330 e. The third kappa shape index (κ3) is 1.30. The van der Waals surface area contributed by atoms with Gasteiger partial charge in [-0.3, -0.25) is 4.90 Å². The average molecular weight is 154 g/mol. The molecule has 0 amide bonds. The standard InChI is InChI=1S/C9H18N2/c1-9(3-4-9)11-5-2-8(6-10)7-11/h8H,2-7,10H2,1H3. The molecule has 2 N–H and O–H groups in total. The maximum absolute atomic E-state index is 5.63. The highest BCUT2D eigenvalue weighted by molar-refractivity contribution is 5.02. The Hall–Kier alpha value is -0.0800. The van der Waals surface area contributed by atoms with E-state index in [2.05, 4.69) is 11.8 Å². The summed E-state index contributed by atoms with van der Waals surface area (Å²) in [5.74, 6) is 0.785. The second-order valence-electron chi connectivity index (χ2n) is 4.33. The van der Waals surface area contributed by atoms with Crippen molar-refractivity contribution in [2.24, 2.45) is 11.7 Å². The summed E-state index contributed by atoms with van der Waals surface area (Å²) < 4.78 is 0. The van der Waals surface area contributed by atoms with Crippen molar-refractivity contribution in [2.45, 2.75) is 31.7 Å². The summed E-state index contributed by atoms with van der Waals surface area (Å²) >= 11 is 0. The average Bonchev–Trinajstić information content (AvgIpc) is 2.61. The first-order chi connectivity index (χ1) is 5.24. The normalized spacial score (nSPS) is 36.0. The van der Waals surface area contributed by atoms with Crippen LogP contribution in [0.2, 0.25) is 0 Å². The Labute approximate surface area is 68.7 Å². The molecule has 1 saturated carbocycles. The molecule has 64 valence electrons. The van der Waals surface area contributed by atoms with E-state index in [-0.39, 0.29) is 0 Å². The molecule has 2 fully saturated rings. The van der Waals surface area contributed by atoms with Crippen LogP contribution in [0.25, 0.3) is 0 Å². The summed E-state index contributed by atoms with van der Waals surface area (Å²) in [4.78, 5) is 2.63. The maximum Gasteiger partial charge on any atom is 0.0182 e. The van der Waals surface area contributed by atoms with Gasteiger partial charge in [-0.05, 0) is 45.2 Å². The van der Waals surface area contributed by atoms with Gasteiger partial charge in [0.1, 0.15) is 0 Å². The lowest BCUT2D eigenvalue weighted by Crippen LogP contribution is -2.33. The molecule has 1 unspecified atom stereocenters. The summed E-state index contributed by atoms with van der Waals surface area (Å²) in [6.45, 7) is 5.81. The van der Waals surface area contributed by atoms with Crippen LogP contribution in [0.3, 0.4) is 0 Å². The third-order valence-electron chi connectivity index (χ3n) is 3.36. The summed E-state index contributed by atoms with van der Waals surface area (Å²) in [5, 5.41) is 0. The molecular formula is C9H18N2. The van der Waals surface area contributed by atoms with E-state index in [1.165, 1.54) is 32.4 Å². The molecule has 0 aromatic heterocycles. The first-order valence-corrected chi connectivity index (χ1v) is 4.70. The topological polar surface area (TPSA) is 29.3 Å². The van der Waals surface area contributed by atoms with E-state index in [1.54, 1.807) is 0 Å². The van der Waals surface area contributed by atoms with Gasteiger partial charge in [0.05, 0.1) is 0 Å². The molecule has 1 aliphatic heterocycles. The smallest absolute Gasteiger partial charge is 0.0182 e. The van der Waals surface area contributed by atoms with Crippen molar-refractivity contribution in [1.82, 2.24) is 4.90 Å². The van der Waals surface area contributed by atoms with Crippen molar-refractivity contribution in [1.29, 1.82) is 0 Å². The fraction of sp³-hybridized carbons (Fsp3) is 1.00. The minimum absolute atomic E-state index is 0.587. The van der Waals surface area contributed by atoms with Crippen molar-refractivity contribution < 1.29 is 0 Å². The van der Waals surface area contributed by atoms with Gasteiger partial charge in [-0.15, -0.1) is 0 Å². The monoisotopic (exact) mass is 154 g/mol. The van der Waals surface area contributed by atoms with Gasteiger partial charge >= 0.3 is 0 Å². The zero-order chi connectivity index (χ0) is 7.90. The Morgan fingerprint density at radius 2 is 2.27 bits per heavy atom. The van der Waals surface area contributed by atoms with E-state index >= 15 is 0 Å². The molecule has 11 heavy (non-hydrogen) atoms. The van der Waals surface area contributed by atoms with Gasteiger partial charge in [-0.1, -0.05) is 0 Å². The number of hydrogen-bond donors (Lipinski definition) is 1. The van der Waals surface area contributed by atoms with Gasteiger partial charge < -0.3 is 5.73 Å². The van der Waals surface area contributed by atoms with Crippen molar-refractivity contribution in [3.8, 4) is 0 Å². The highest BCUT2D eigenvalue weighted by Crippen LogP contribution is 2.43. The Morgan fingerprint density at radius 1 is 1.55 bits per heavy atom. The van der Waals surface area contributed by atoms with Crippen LogP contribution in [0.5, 0.6) is 0 Å². The highest BCUT2D eigenvalue weighted by Gasteiger charge is 2.45. The molecule has 0 radical (unpaired) electrons. The summed E-state index contributed by atoms with van der Waals surface area (Å²) in [6.07, 6.45) is 4.14. The lowest BCUT2D eigenvalue weighted by molar-refractivity contribution is 0.231. The summed E-state index contributed by atoms with van der Waals surface area (Å²) in [5.41, 5.74) is 6.22. The van der Waals surface area contributed by atoms with Crippen LogP contribution in [-0.4, -0.2) is 30.1 Å². The van der Waals surface area contributed by atoms with Gasteiger partial charge in [0.15, 0.2) is 0 Å². The van der Waals surface area contributed by atoms with Crippen molar-refractivity contribution in [3.63, 3.8) is 0 Å². The molecule has 2 rings (SSSR count). The van der Waals surface area contributed by atoms with Crippen LogP contribution < -0.4 is 5.73 Å². The van der Waals surface area contributed by atoms with Crippen LogP contribution in [0.4, 0.5) is 0 Å². The van der Waals surface area contributed by atoms with E-state index in [4.69, 9.17) is 5.73 Å². The molecule has 0 aromatic carbocycles. The Morgan fingerprint density at radius 3 is 2.73 bits per heavy atom. The Bertz CT molecular complexity index is 152. The molecule has 0 bridgehead atoms. The van der Waals surface area contributed by atoms with E-state index in [0.717, 1.165) is 12.5 Å². The molecule has 2 nitrogen and oxygen atoms in total. The third-order valence-corrected chi connectivity index (χ3v) is 3.36. The number of likely N-dealkylation sites (tertiary alicyclic amines) is 1. The second kappa shape index (κ2) is 2.46. The molecule has 2 heteroatoms. The van der Waals surface area contributed by atoms with Crippen LogP contribution in [-0.2, 0) is 0 Å². The van der Waals surface area contributed by atoms with E-state index in [9.17, 15) is 0 Å². The molecule has 1 aliphatic carbocycles. The Kier molecular flexibility index (Phi) is 1.69. The van der Waals surface area contributed by atoms with Crippen molar-refractivity contribution in [3.05, 3.63) is 0 Å². The summed E-state index contributed by atoms with van der Waals surface area (Å²) in [7, 11) is 0. The zero-order valence-corrected chi connectivity index (χ0v) is 7.34. The van der Waals surface area contributed by atoms with E-state index in [1.807, 2.05) is 0 Å². The predicted octanol–water partition coefficient (Wildman–Crippen LogP) is 0.819. The van der Waals surface area contributed by atoms with Gasteiger partial charge in [0.25, 0.3) is 0 Å². The molecule has 0 aromatic rings. The first-order valence-electron chi connectivity index (χ1n) is 4.70. The fourth-order valence-corrected chi connectivity index (χ4v) is 2.01. The van der Waals surface area contributed by atoms with Crippen LogP contribution in [0.1, 0.15) is 26.2 Å². The zero-order valence-electron chi connectivity index (χ0n) is 7.34. The molecule has 1 heterocycles. The predicted molar refractivity (Wildman–Crippen MR) is 46.4 cm³/mol. The lowest BCUT2D eigenvalue weighted by Gasteiger charge is -2.23. The summed E-state index contributed by atoms with van der Waals surface area (Å²) in [6, 6.07) is 0. The molecule has 1 saturated heterocycles. The van der Waals surface area contributed by atoms with E-state index in [0.29, 0.717) is 5.54 Å². The SMILES string of the molecule is CC1(N2CCC(CN)C2)CC1.